The smallest absolute Gasteiger partial charge is 0.269 e. The molecule has 0 radical (unpaired) electrons. The second-order valence-corrected chi connectivity index (χ2v) is 6.75. The van der Waals surface area contributed by atoms with Gasteiger partial charge in [-0.15, -0.1) is 0 Å². The molecule has 0 aliphatic rings. The number of carbonyl (C=O) groups is 1. The summed E-state index contributed by atoms with van der Waals surface area (Å²) in [4.78, 5) is 29.0. The third-order valence-electron chi connectivity index (χ3n) is 4.79. The zero-order valence-electron chi connectivity index (χ0n) is 16.0. The third kappa shape index (κ3) is 3.20. The average Bonchev–Trinajstić information content (AvgIpc) is 3.52. The van der Waals surface area contributed by atoms with Crippen molar-refractivity contribution in [1.29, 1.82) is 0 Å². The van der Waals surface area contributed by atoms with E-state index in [2.05, 4.69) is 35.6 Å². The number of pyridine rings is 1. The standard InChI is InChI=1S/C20H17N9O/c1-29-17(2-3-27-29)20(30)24-6-12-4-13(7-21-5-12)15-10-22-19-18(15)28-16(11-23-19)14-8-25-26-9-14/h2-5,7-11H,6H2,1H3,(H,22,23)(H,24,30)(H,25,26). The van der Waals surface area contributed by atoms with Gasteiger partial charge in [0.05, 0.1) is 18.1 Å². The highest BCUT2D eigenvalue weighted by Gasteiger charge is 2.13. The van der Waals surface area contributed by atoms with Gasteiger partial charge in [-0.05, 0) is 17.7 Å². The molecule has 0 fully saturated rings. The second kappa shape index (κ2) is 7.24. The number of carbonyl (C=O) groups excluding carboxylic acids is 1. The van der Waals surface area contributed by atoms with Crippen molar-refractivity contribution in [1.82, 2.24) is 45.2 Å². The Morgan fingerprint density at radius 2 is 2.10 bits per heavy atom. The Kier molecular flexibility index (Phi) is 4.28. The summed E-state index contributed by atoms with van der Waals surface area (Å²) in [5.41, 5.74) is 6.15. The number of H-pyrrole nitrogens is 2. The lowest BCUT2D eigenvalue weighted by atomic mass is 10.1. The second-order valence-electron chi connectivity index (χ2n) is 6.75. The first-order valence-electron chi connectivity index (χ1n) is 9.23. The Balaban J connectivity index is 1.42. The van der Waals surface area contributed by atoms with E-state index in [1.807, 2.05) is 12.3 Å². The van der Waals surface area contributed by atoms with E-state index in [4.69, 9.17) is 4.98 Å². The Bertz CT molecular complexity index is 1330. The van der Waals surface area contributed by atoms with Crippen LogP contribution in [0.2, 0.25) is 0 Å². The van der Waals surface area contributed by atoms with E-state index >= 15 is 0 Å². The Hall–Kier alpha value is -4.34. The van der Waals surface area contributed by atoms with Crippen LogP contribution < -0.4 is 5.32 Å². The predicted molar refractivity (Wildman–Crippen MR) is 109 cm³/mol. The van der Waals surface area contributed by atoms with Crippen LogP contribution in [0.4, 0.5) is 0 Å². The number of nitrogens with one attached hydrogen (secondary N) is 3. The Labute approximate surface area is 170 Å². The van der Waals surface area contributed by atoms with E-state index in [1.165, 1.54) is 4.68 Å². The van der Waals surface area contributed by atoms with Crippen molar-refractivity contribution in [2.24, 2.45) is 7.05 Å². The lowest BCUT2D eigenvalue weighted by Gasteiger charge is -2.07. The molecular formula is C20H17N9O. The van der Waals surface area contributed by atoms with Gasteiger partial charge in [0.25, 0.3) is 5.91 Å². The van der Waals surface area contributed by atoms with Crippen molar-refractivity contribution in [3.05, 3.63) is 66.8 Å². The van der Waals surface area contributed by atoms with Crippen LogP contribution in [0.15, 0.2) is 55.5 Å². The molecule has 3 N–H and O–H groups in total. The molecule has 5 aromatic rings. The van der Waals surface area contributed by atoms with Crippen molar-refractivity contribution in [3.8, 4) is 22.4 Å². The summed E-state index contributed by atoms with van der Waals surface area (Å²) >= 11 is 0. The van der Waals surface area contributed by atoms with Crippen LogP contribution in [0, 0.1) is 0 Å². The summed E-state index contributed by atoms with van der Waals surface area (Å²) in [5.74, 6) is -0.192. The number of rotatable bonds is 5. The number of hydrogen-bond acceptors (Lipinski definition) is 6. The first kappa shape index (κ1) is 17.7. The Morgan fingerprint density at radius 3 is 2.90 bits per heavy atom. The normalized spacial score (nSPS) is 11.1. The van der Waals surface area contributed by atoms with Crippen LogP contribution >= 0.6 is 0 Å². The van der Waals surface area contributed by atoms with Crippen LogP contribution in [-0.4, -0.2) is 45.8 Å². The molecule has 148 valence electrons. The van der Waals surface area contributed by atoms with E-state index in [1.54, 1.807) is 50.3 Å². The summed E-state index contributed by atoms with van der Waals surface area (Å²) in [6.45, 7) is 0.346. The molecular weight excluding hydrogens is 382 g/mol. The molecule has 5 heterocycles. The molecule has 10 nitrogen and oxygen atoms in total. The van der Waals surface area contributed by atoms with Crippen LogP contribution in [0.25, 0.3) is 33.5 Å². The fourth-order valence-corrected chi connectivity index (χ4v) is 3.24. The van der Waals surface area contributed by atoms with Crippen molar-refractivity contribution in [2.45, 2.75) is 6.54 Å². The van der Waals surface area contributed by atoms with Gasteiger partial charge in [-0.1, -0.05) is 0 Å². The maximum atomic E-state index is 12.3. The number of amides is 1. The molecule has 10 heteroatoms. The molecule has 0 aromatic carbocycles. The van der Waals surface area contributed by atoms with Crippen molar-refractivity contribution < 1.29 is 4.79 Å². The average molecular weight is 399 g/mol. The van der Waals surface area contributed by atoms with Gasteiger partial charge in [0, 0.05) is 61.3 Å². The minimum absolute atomic E-state index is 0.192. The molecule has 1 amide bonds. The van der Waals surface area contributed by atoms with Crippen molar-refractivity contribution >= 4 is 17.1 Å². The lowest BCUT2D eigenvalue weighted by molar-refractivity contribution is 0.0941. The van der Waals surface area contributed by atoms with Gasteiger partial charge in [-0.2, -0.15) is 10.2 Å². The van der Waals surface area contributed by atoms with Crippen LogP contribution in [-0.2, 0) is 13.6 Å². The minimum atomic E-state index is -0.192. The van der Waals surface area contributed by atoms with E-state index < -0.39 is 0 Å². The molecule has 0 aliphatic heterocycles. The van der Waals surface area contributed by atoms with Crippen molar-refractivity contribution in [3.63, 3.8) is 0 Å². The maximum absolute atomic E-state index is 12.3. The topological polar surface area (TPSA) is 130 Å². The number of aryl methyl sites for hydroxylation is 1. The van der Waals surface area contributed by atoms with Gasteiger partial charge in [0.15, 0.2) is 5.65 Å². The van der Waals surface area contributed by atoms with E-state index in [0.717, 1.165) is 33.5 Å². The van der Waals surface area contributed by atoms with Crippen LogP contribution in [0.1, 0.15) is 16.1 Å². The molecule has 5 rings (SSSR count). The van der Waals surface area contributed by atoms with Gasteiger partial charge in [0.1, 0.15) is 11.2 Å². The molecule has 5 aromatic heterocycles. The highest BCUT2D eigenvalue weighted by molar-refractivity contribution is 5.93. The number of fused-ring (bicyclic) bond motifs is 1. The monoisotopic (exact) mass is 399 g/mol. The van der Waals surface area contributed by atoms with Crippen LogP contribution in [0.3, 0.4) is 0 Å². The molecule has 0 bridgehead atoms. The lowest BCUT2D eigenvalue weighted by Crippen LogP contribution is -2.25. The number of aromatic amines is 2. The van der Waals surface area contributed by atoms with Crippen molar-refractivity contribution in [2.75, 3.05) is 0 Å². The van der Waals surface area contributed by atoms with Gasteiger partial charge in [-0.3, -0.25) is 19.6 Å². The number of hydrogen-bond donors (Lipinski definition) is 3. The molecule has 0 atom stereocenters. The number of aromatic nitrogens is 8. The van der Waals surface area contributed by atoms with E-state index in [0.29, 0.717) is 17.9 Å². The molecule has 0 saturated heterocycles. The largest absolute Gasteiger partial charge is 0.347 e. The first-order chi connectivity index (χ1) is 14.7. The zero-order valence-corrected chi connectivity index (χ0v) is 16.0. The van der Waals surface area contributed by atoms with Gasteiger partial charge in [0.2, 0.25) is 0 Å². The minimum Gasteiger partial charge on any atom is -0.347 e. The number of nitrogens with zero attached hydrogens (tertiary/aromatic N) is 6. The quantitative estimate of drug-likeness (QED) is 0.415. The summed E-state index contributed by atoms with van der Waals surface area (Å²) in [6.07, 6.45) is 12.1. The summed E-state index contributed by atoms with van der Waals surface area (Å²) in [7, 11) is 1.73. The molecule has 0 spiro atoms. The summed E-state index contributed by atoms with van der Waals surface area (Å²) in [5, 5.41) is 13.7. The van der Waals surface area contributed by atoms with Gasteiger partial charge >= 0.3 is 0 Å². The van der Waals surface area contributed by atoms with Gasteiger partial charge < -0.3 is 10.3 Å². The first-order valence-corrected chi connectivity index (χ1v) is 9.23. The van der Waals surface area contributed by atoms with E-state index in [9.17, 15) is 4.79 Å². The van der Waals surface area contributed by atoms with E-state index in [-0.39, 0.29) is 5.91 Å². The third-order valence-corrected chi connectivity index (χ3v) is 4.79. The summed E-state index contributed by atoms with van der Waals surface area (Å²) < 4.78 is 1.53. The highest BCUT2D eigenvalue weighted by Crippen LogP contribution is 2.28. The van der Waals surface area contributed by atoms with Gasteiger partial charge in [-0.25, -0.2) is 9.97 Å². The SMILES string of the molecule is Cn1nccc1C(=O)NCc1cncc(-c2c[nH]c3ncc(-c4cn[nH]c4)nc23)c1. The molecule has 0 aliphatic carbocycles. The fraction of sp³-hybridized carbons (Fsp3) is 0.100. The predicted octanol–water partition coefficient (Wildman–Crippen LogP) is 2.07. The zero-order chi connectivity index (χ0) is 20.5. The fourth-order valence-electron chi connectivity index (χ4n) is 3.24. The summed E-state index contributed by atoms with van der Waals surface area (Å²) in [6, 6.07) is 3.65. The highest BCUT2D eigenvalue weighted by atomic mass is 16.2. The molecule has 30 heavy (non-hydrogen) atoms. The van der Waals surface area contributed by atoms with Crippen LogP contribution in [0.5, 0.6) is 0 Å². The Morgan fingerprint density at radius 1 is 1.17 bits per heavy atom. The maximum Gasteiger partial charge on any atom is 0.269 e. The molecule has 0 unspecified atom stereocenters. The molecule has 0 saturated carbocycles.